The predicted octanol–water partition coefficient (Wildman–Crippen LogP) is 3.86. The first-order valence-electron chi connectivity index (χ1n) is 9.35. The van der Waals surface area contributed by atoms with Gasteiger partial charge in [0.15, 0.2) is 0 Å². The number of fused-ring (bicyclic) bond motifs is 1. The summed E-state index contributed by atoms with van der Waals surface area (Å²) < 4.78 is 3.83. The molecule has 6 heteroatoms. The van der Waals surface area contributed by atoms with Gasteiger partial charge in [0.2, 0.25) is 0 Å². The first-order valence-corrected chi connectivity index (χ1v) is 9.35. The Labute approximate surface area is 163 Å². The van der Waals surface area contributed by atoms with Gasteiger partial charge in [0, 0.05) is 37.4 Å². The molecule has 6 nitrogen and oxygen atoms in total. The van der Waals surface area contributed by atoms with E-state index in [2.05, 4.69) is 29.1 Å². The molecule has 0 saturated carbocycles. The van der Waals surface area contributed by atoms with E-state index in [1.54, 1.807) is 6.20 Å². The van der Waals surface area contributed by atoms with E-state index in [1.807, 2.05) is 77.1 Å². The van der Waals surface area contributed by atoms with Crippen LogP contribution in [0.3, 0.4) is 0 Å². The lowest BCUT2D eigenvalue weighted by atomic mass is 10.0. The van der Waals surface area contributed by atoms with Gasteiger partial charge in [0.25, 0.3) is 5.91 Å². The summed E-state index contributed by atoms with van der Waals surface area (Å²) >= 11 is 0. The van der Waals surface area contributed by atoms with Gasteiger partial charge in [0.05, 0.1) is 17.3 Å². The number of pyridine rings is 1. The van der Waals surface area contributed by atoms with E-state index in [0.29, 0.717) is 5.56 Å². The molecule has 0 aliphatic rings. The van der Waals surface area contributed by atoms with Crippen LogP contribution in [0.15, 0.2) is 67.3 Å². The van der Waals surface area contributed by atoms with Crippen LogP contribution in [0, 0.1) is 5.92 Å². The van der Waals surface area contributed by atoms with Crippen molar-refractivity contribution in [2.45, 2.75) is 19.9 Å². The van der Waals surface area contributed by atoms with Crippen LogP contribution in [0.2, 0.25) is 0 Å². The lowest BCUT2D eigenvalue weighted by molar-refractivity contribution is 0.0922. The topological polar surface area (TPSA) is 64.2 Å². The summed E-state index contributed by atoms with van der Waals surface area (Å²) in [5.74, 6) is 0.934. The number of hydrogen-bond acceptors (Lipinski definition) is 3. The van der Waals surface area contributed by atoms with Crippen molar-refractivity contribution in [3.63, 3.8) is 0 Å². The molecular formula is C22H23N5O. The number of benzene rings is 1. The molecule has 1 amide bonds. The Morgan fingerprint density at radius 3 is 2.54 bits per heavy atom. The minimum Gasteiger partial charge on any atom is -0.342 e. The number of carbonyl (C=O) groups is 1. The van der Waals surface area contributed by atoms with E-state index in [0.717, 1.165) is 22.7 Å². The van der Waals surface area contributed by atoms with Crippen molar-refractivity contribution in [2.75, 3.05) is 0 Å². The molecule has 28 heavy (non-hydrogen) atoms. The summed E-state index contributed by atoms with van der Waals surface area (Å²) in [4.78, 5) is 22.0. The minimum absolute atomic E-state index is 0.126. The van der Waals surface area contributed by atoms with Crippen LogP contribution in [0.25, 0.3) is 16.9 Å². The third kappa shape index (κ3) is 3.41. The second kappa shape index (κ2) is 7.31. The predicted molar refractivity (Wildman–Crippen MR) is 109 cm³/mol. The summed E-state index contributed by atoms with van der Waals surface area (Å²) in [5.41, 5.74) is 3.32. The van der Waals surface area contributed by atoms with Crippen molar-refractivity contribution in [3.05, 3.63) is 78.6 Å². The molecule has 3 heterocycles. The van der Waals surface area contributed by atoms with E-state index in [9.17, 15) is 4.79 Å². The maximum atomic E-state index is 12.9. The lowest BCUT2D eigenvalue weighted by Crippen LogP contribution is -2.33. The van der Waals surface area contributed by atoms with Gasteiger partial charge in [-0.25, -0.2) is 9.97 Å². The SMILES string of the molecule is CC(C)C(NC(=O)c1ccc2nc(-c3ccccc3)cn2c1)c1nccn1C. The van der Waals surface area contributed by atoms with E-state index >= 15 is 0 Å². The molecule has 3 aromatic heterocycles. The highest BCUT2D eigenvalue weighted by atomic mass is 16.1. The fourth-order valence-electron chi connectivity index (χ4n) is 3.30. The molecule has 0 spiro atoms. The molecule has 1 unspecified atom stereocenters. The number of imidazole rings is 2. The van der Waals surface area contributed by atoms with Gasteiger partial charge in [-0.1, -0.05) is 44.2 Å². The molecular weight excluding hydrogens is 350 g/mol. The van der Waals surface area contributed by atoms with Gasteiger partial charge in [0.1, 0.15) is 11.5 Å². The first kappa shape index (κ1) is 18.0. The zero-order valence-electron chi connectivity index (χ0n) is 16.2. The van der Waals surface area contributed by atoms with Crippen molar-refractivity contribution in [3.8, 4) is 11.3 Å². The molecule has 1 aromatic carbocycles. The number of rotatable bonds is 5. The molecule has 0 aliphatic heterocycles. The Kier molecular flexibility index (Phi) is 4.69. The molecule has 142 valence electrons. The van der Waals surface area contributed by atoms with E-state index in [4.69, 9.17) is 0 Å². The average Bonchev–Trinajstić information content (AvgIpc) is 3.31. The van der Waals surface area contributed by atoms with Crippen molar-refractivity contribution in [1.82, 2.24) is 24.3 Å². The lowest BCUT2D eigenvalue weighted by Gasteiger charge is -2.22. The number of carbonyl (C=O) groups excluding carboxylic acids is 1. The van der Waals surface area contributed by atoms with Crippen LogP contribution in [-0.4, -0.2) is 24.8 Å². The second-order valence-corrected chi connectivity index (χ2v) is 7.27. The third-order valence-electron chi connectivity index (χ3n) is 4.87. The maximum absolute atomic E-state index is 12.9. The standard InChI is InChI=1S/C22H23N5O/c1-15(2)20(21-23-11-12-26(21)3)25-22(28)17-9-10-19-24-18(14-27(19)13-17)16-7-5-4-6-8-16/h4-15,20H,1-3H3,(H,25,28). The Morgan fingerprint density at radius 1 is 1.07 bits per heavy atom. The molecule has 0 aliphatic carbocycles. The largest absolute Gasteiger partial charge is 0.342 e. The number of aryl methyl sites for hydroxylation is 1. The third-order valence-corrected chi connectivity index (χ3v) is 4.87. The van der Waals surface area contributed by atoms with Crippen LogP contribution in [0.5, 0.6) is 0 Å². The first-order chi connectivity index (χ1) is 13.5. The monoisotopic (exact) mass is 373 g/mol. The molecule has 4 rings (SSSR count). The van der Waals surface area contributed by atoms with E-state index in [-0.39, 0.29) is 17.9 Å². The Balaban J connectivity index is 1.61. The number of aromatic nitrogens is 4. The average molecular weight is 373 g/mol. The molecule has 1 atom stereocenters. The van der Waals surface area contributed by atoms with E-state index < -0.39 is 0 Å². The molecule has 1 N–H and O–H groups in total. The Morgan fingerprint density at radius 2 is 1.86 bits per heavy atom. The Hall–Kier alpha value is -3.41. The fraction of sp³-hybridized carbons (Fsp3) is 0.227. The van der Waals surface area contributed by atoms with Gasteiger partial charge >= 0.3 is 0 Å². The zero-order valence-corrected chi connectivity index (χ0v) is 16.2. The molecule has 0 fully saturated rings. The fourth-order valence-corrected chi connectivity index (χ4v) is 3.30. The van der Waals surface area contributed by atoms with Gasteiger partial charge < -0.3 is 14.3 Å². The van der Waals surface area contributed by atoms with Crippen LogP contribution in [0.1, 0.15) is 36.1 Å². The molecule has 0 saturated heterocycles. The van der Waals surface area contributed by atoms with Gasteiger partial charge in [-0.15, -0.1) is 0 Å². The van der Waals surface area contributed by atoms with Crippen LogP contribution < -0.4 is 5.32 Å². The van der Waals surface area contributed by atoms with Gasteiger partial charge in [-0.3, -0.25) is 4.79 Å². The van der Waals surface area contributed by atoms with Crippen molar-refractivity contribution in [1.29, 1.82) is 0 Å². The van der Waals surface area contributed by atoms with Crippen LogP contribution in [0.4, 0.5) is 0 Å². The highest BCUT2D eigenvalue weighted by Gasteiger charge is 2.22. The minimum atomic E-state index is -0.161. The van der Waals surface area contributed by atoms with Gasteiger partial charge in [-0.2, -0.15) is 0 Å². The Bertz CT molecular complexity index is 1110. The van der Waals surface area contributed by atoms with Crippen molar-refractivity contribution in [2.24, 2.45) is 13.0 Å². The summed E-state index contributed by atoms with van der Waals surface area (Å²) in [6.07, 6.45) is 7.40. The molecule has 0 bridgehead atoms. The highest BCUT2D eigenvalue weighted by Crippen LogP contribution is 2.22. The summed E-state index contributed by atoms with van der Waals surface area (Å²) in [5, 5.41) is 3.12. The van der Waals surface area contributed by atoms with Crippen LogP contribution >= 0.6 is 0 Å². The number of hydrogen-bond donors (Lipinski definition) is 1. The maximum Gasteiger partial charge on any atom is 0.253 e. The number of nitrogens with one attached hydrogen (secondary N) is 1. The van der Waals surface area contributed by atoms with Crippen molar-refractivity contribution < 1.29 is 4.79 Å². The van der Waals surface area contributed by atoms with E-state index in [1.165, 1.54) is 0 Å². The van der Waals surface area contributed by atoms with Crippen molar-refractivity contribution >= 4 is 11.6 Å². The van der Waals surface area contributed by atoms with Crippen LogP contribution in [-0.2, 0) is 7.05 Å². The summed E-state index contributed by atoms with van der Waals surface area (Å²) in [7, 11) is 1.94. The quantitative estimate of drug-likeness (QED) is 0.578. The van der Waals surface area contributed by atoms with Gasteiger partial charge in [-0.05, 0) is 18.1 Å². The highest BCUT2D eigenvalue weighted by molar-refractivity contribution is 5.94. The number of amides is 1. The summed E-state index contributed by atoms with van der Waals surface area (Å²) in [6, 6.07) is 13.5. The zero-order chi connectivity index (χ0) is 19.7. The smallest absolute Gasteiger partial charge is 0.253 e. The second-order valence-electron chi connectivity index (χ2n) is 7.27. The normalized spacial score (nSPS) is 12.4. The summed E-state index contributed by atoms with van der Waals surface area (Å²) in [6.45, 7) is 4.15. The molecule has 4 aromatic rings. The number of nitrogens with zero attached hydrogens (tertiary/aromatic N) is 4. The molecule has 0 radical (unpaired) electrons.